The van der Waals surface area contributed by atoms with E-state index in [1.165, 1.54) is 0 Å². The van der Waals surface area contributed by atoms with Crippen molar-refractivity contribution in [1.82, 2.24) is 0 Å². The molecule has 0 spiro atoms. The average molecular weight is 396 g/mol. The fourth-order valence-corrected chi connectivity index (χ4v) is 3.30. The molecule has 0 aromatic heterocycles. The molecule has 0 aliphatic heterocycles. The van der Waals surface area contributed by atoms with Gasteiger partial charge in [0.15, 0.2) is 0 Å². The number of fused-ring (bicyclic) bond motifs is 1. The first-order valence-corrected chi connectivity index (χ1v) is 9.49. The second kappa shape index (κ2) is 8.53. The third kappa shape index (κ3) is 4.18. The molecule has 0 unspecified atom stereocenters. The zero-order chi connectivity index (χ0) is 20.9. The molecule has 30 heavy (non-hydrogen) atoms. The Kier molecular flexibility index (Phi) is 5.48. The molecule has 0 atom stereocenters. The highest BCUT2D eigenvalue weighted by atomic mass is 16.5. The topological polar surface area (TPSA) is 55.8 Å². The highest BCUT2D eigenvalue weighted by Crippen LogP contribution is 2.40. The van der Waals surface area contributed by atoms with E-state index in [1.54, 1.807) is 13.2 Å². The molecule has 4 nitrogen and oxygen atoms in total. The van der Waals surface area contributed by atoms with Gasteiger partial charge in [-0.1, -0.05) is 54.6 Å². The van der Waals surface area contributed by atoms with Gasteiger partial charge in [-0.15, -0.1) is 0 Å². The Morgan fingerprint density at radius 1 is 0.867 bits per heavy atom. The maximum absolute atomic E-state index is 10.7. The van der Waals surface area contributed by atoms with Crippen molar-refractivity contribution >= 4 is 22.8 Å². The molecule has 0 aliphatic rings. The molecule has 0 heterocycles. The van der Waals surface area contributed by atoms with Gasteiger partial charge in [0.2, 0.25) is 0 Å². The van der Waals surface area contributed by atoms with E-state index >= 15 is 0 Å². The van der Waals surface area contributed by atoms with Crippen LogP contribution in [0.5, 0.6) is 17.2 Å². The van der Waals surface area contributed by atoms with Crippen molar-refractivity contribution in [2.45, 2.75) is 0 Å². The normalized spacial score (nSPS) is 11.0. The van der Waals surface area contributed by atoms with E-state index in [4.69, 9.17) is 14.6 Å². The number of hydrogen-bond acceptors (Lipinski definition) is 3. The summed E-state index contributed by atoms with van der Waals surface area (Å²) in [5, 5.41) is 10.9. The lowest BCUT2D eigenvalue weighted by atomic mass is 9.99. The fourth-order valence-electron chi connectivity index (χ4n) is 3.30. The van der Waals surface area contributed by atoms with Gasteiger partial charge in [0.25, 0.3) is 0 Å². The van der Waals surface area contributed by atoms with Crippen LogP contribution in [0.4, 0.5) is 0 Å². The second-order valence-electron chi connectivity index (χ2n) is 6.74. The van der Waals surface area contributed by atoms with Crippen LogP contribution in [0.2, 0.25) is 0 Å². The van der Waals surface area contributed by atoms with E-state index in [-0.39, 0.29) is 0 Å². The van der Waals surface area contributed by atoms with Crippen LogP contribution in [0, 0.1) is 0 Å². The summed E-state index contributed by atoms with van der Waals surface area (Å²) in [5.41, 5.74) is 2.74. The average Bonchev–Trinajstić information content (AvgIpc) is 2.79. The van der Waals surface area contributed by atoms with Crippen LogP contribution in [-0.2, 0) is 4.79 Å². The fraction of sp³-hybridized carbons (Fsp3) is 0.0385. The number of carboxylic acid groups (broad SMARTS) is 1. The zero-order valence-corrected chi connectivity index (χ0v) is 16.4. The molecule has 0 saturated heterocycles. The van der Waals surface area contributed by atoms with Crippen molar-refractivity contribution in [3.05, 3.63) is 96.6 Å². The molecule has 1 N–H and O–H groups in total. The summed E-state index contributed by atoms with van der Waals surface area (Å²) < 4.78 is 11.7. The number of hydrogen-bond donors (Lipinski definition) is 1. The molecule has 0 bridgehead atoms. The highest BCUT2D eigenvalue weighted by molar-refractivity contribution is 5.95. The first-order chi connectivity index (χ1) is 14.6. The van der Waals surface area contributed by atoms with Crippen LogP contribution in [0.25, 0.3) is 28.0 Å². The highest BCUT2D eigenvalue weighted by Gasteiger charge is 2.13. The molecule has 4 aromatic carbocycles. The predicted octanol–water partition coefficient (Wildman–Crippen LogP) is 6.41. The van der Waals surface area contributed by atoms with Gasteiger partial charge in [-0.25, -0.2) is 4.79 Å². The molecular weight excluding hydrogens is 376 g/mol. The summed E-state index contributed by atoms with van der Waals surface area (Å²) in [6.07, 6.45) is 2.66. The Bertz CT molecular complexity index is 1220. The summed E-state index contributed by atoms with van der Waals surface area (Å²) in [5.74, 6) is 1.23. The minimum Gasteiger partial charge on any atom is -0.497 e. The summed E-state index contributed by atoms with van der Waals surface area (Å²) in [6, 6.07) is 27.4. The van der Waals surface area contributed by atoms with Crippen LogP contribution in [-0.4, -0.2) is 18.2 Å². The van der Waals surface area contributed by atoms with Crippen molar-refractivity contribution in [3.63, 3.8) is 0 Å². The SMILES string of the molecule is COc1cccc(-c2ccc3ccccc3c2Oc2ccc(/C=C/C(=O)O)cc2)c1. The molecule has 0 aliphatic carbocycles. The van der Waals surface area contributed by atoms with Crippen LogP contribution in [0.3, 0.4) is 0 Å². The Morgan fingerprint density at radius 2 is 1.67 bits per heavy atom. The number of methoxy groups -OCH3 is 1. The lowest BCUT2D eigenvalue weighted by Gasteiger charge is -2.15. The summed E-state index contributed by atoms with van der Waals surface area (Å²) in [4.78, 5) is 10.7. The summed E-state index contributed by atoms with van der Waals surface area (Å²) in [6.45, 7) is 0. The molecular formula is C26H20O4. The molecule has 4 heteroatoms. The van der Waals surface area contributed by atoms with E-state index in [9.17, 15) is 4.79 Å². The number of carbonyl (C=O) groups is 1. The van der Waals surface area contributed by atoms with Gasteiger partial charge in [-0.2, -0.15) is 0 Å². The van der Waals surface area contributed by atoms with Crippen molar-refractivity contribution < 1.29 is 19.4 Å². The molecule has 0 radical (unpaired) electrons. The number of carboxylic acids is 1. The number of aliphatic carboxylic acids is 1. The van der Waals surface area contributed by atoms with Crippen molar-refractivity contribution in [1.29, 1.82) is 0 Å². The van der Waals surface area contributed by atoms with Gasteiger partial charge >= 0.3 is 5.97 Å². The van der Waals surface area contributed by atoms with E-state index in [0.717, 1.165) is 45.0 Å². The smallest absolute Gasteiger partial charge is 0.328 e. The van der Waals surface area contributed by atoms with Gasteiger partial charge in [-0.3, -0.25) is 0 Å². The Balaban J connectivity index is 1.77. The molecule has 0 fully saturated rings. The Hall–Kier alpha value is -4.05. The van der Waals surface area contributed by atoms with Gasteiger partial charge in [0, 0.05) is 17.0 Å². The van der Waals surface area contributed by atoms with E-state index in [2.05, 4.69) is 18.2 Å². The third-order valence-electron chi connectivity index (χ3n) is 4.78. The summed E-state index contributed by atoms with van der Waals surface area (Å²) in [7, 11) is 1.65. The Labute approximate surface area is 174 Å². The first kappa shape index (κ1) is 19.3. The van der Waals surface area contributed by atoms with Crippen molar-refractivity contribution in [2.75, 3.05) is 7.11 Å². The molecule has 0 amide bonds. The zero-order valence-electron chi connectivity index (χ0n) is 16.4. The van der Waals surface area contributed by atoms with E-state index in [1.807, 2.05) is 66.7 Å². The largest absolute Gasteiger partial charge is 0.497 e. The van der Waals surface area contributed by atoms with Crippen LogP contribution < -0.4 is 9.47 Å². The van der Waals surface area contributed by atoms with Crippen LogP contribution >= 0.6 is 0 Å². The lowest BCUT2D eigenvalue weighted by molar-refractivity contribution is -0.131. The van der Waals surface area contributed by atoms with Crippen LogP contribution in [0.1, 0.15) is 5.56 Å². The maximum atomic E-state index is 10.7. The second-order valence-corrected chi connectivity index (χ2v) is 6.74. The molecule has 148 valence electrons. The minimum absolute atomic E-state index is 0.669. The standard InChI is InChI=1S/C26H20O4/c1-29-22-7-4-6-20(17-22)24-15-12-19-5-2-3-8-23(19)26(24)30-21-13-9-18(10-14-21)11-16-25(27)28/h2-17H,1H3,(H,27,28)/b16-11+. The molecule has 0 saturated carbocycles. The van der Waals surface area contributed by atoms with Gasteiger partial charge < -0.3 is 14.6 Å². The van der Waals surface area contributed by atoms with Gasteiger partial charge in [-0.05, 0) is 52.9 Å². The quantitative estimate of drug-likeness (QED) is 0.383. The third-order valence-corrected chi connectivity index (χ3v) is 4.78. The first-order valence-electron chi connectivity index (χ1n) is 9.49. The van der Waals surface area contributed by atoms with Gasteiger partial charge in [0.05, 0.1) is 7.11 Å². The number of rotatable bonds is 6. The van der Waals surface area contributed by atoms with Crippen LogP contribution in [0.15, 0.2) is 91.0 Å². The van der Waals surface area contributed by atoms with Gasteiger partial charge in [0.1, 0.15) is 17.2 Å². The molecule has 4 aromatic rings. The summed E-state index contributed by atoms with van der Waals surface area (Å²) >= 11 is 0. The Morgan fingerprint density at radius 3 is 2.43 bits per heavy atom. The van der Waals surface area contributed by atoms with E-state index < -0.39 is 5.97 Å². The predicted molar refractivity (Wildman–Crippen MR) is 119 cm³/mol. The maximum Gasteiger partial charge on any atom is 0.328 e. The number of ether oxygens (including phenoxy) is 2. The minimum atomic E-state index is -0.978. The van der Waals surface area contributed by atoms with E-state index in [0.29, 0.717) is 5.75 Å². The van der Waals surface area contributed by atoms with Crippen molar-refractivity contribution in [2.24, 2.45) is 0 Å². The molecule has 4 rings (SSSR count). The monoisotopic (exact) mass is 396 g/mol. The number of benzene rings is 4. The lowest BCUT2D eigenvalue weighted by Crippen LogP contribution is -1.91. The van der Waals surface area contributed by atoms with Crippen molar-refractivity contribution in [3.8, 4) is 28.4 Å².